The van der Waals surface area contributed by atoms with Gasteiger partial charge in [-0.05, 0) is 56.0 Å². The van der Waals surface area contributed by atoms with Gasteiger partial charge in [-0.25, -0.2) is 4.98 Å². The Morgan fingerprint density at radius 3 is 2.56 bits per heavy atom. The van der Waals surface area contributed by atoms with Gasteiger partial charge in [0.25, 0.3) is 5.91 Å². The molecule has 0 bridgehead atoms. The van der Waals surface area contributed by atoms with Gasteiger partial charge in [0.1, 0.15) is 11.9 Å². The van der Waals surface area contributed by atoms with Crippen molar-refractivity contribution in [3.63, 3.8) is 0 Å². The van der Waals surface area contributed by atoms with E-state index in [1.165, 1.54) is 0 Å². The van der Waals surface area contributed by atoms with Gasteiger partial charge in [-0.2, -0.15) is 0 Å². The fourth-order valence-electron chi connectivity index (χ4n) is 2.86. The van der Waals surface area contributed by atoms with E-state index in [0.29, 0.717) is 16.7 Å². The summed E-state index contributed by atoms with van der Waals surface area (Å²) in [5.41, 5.74) is 0. The molecule has 1 N–H and O–H groups in total. The number of carbonyl (C=O) groups excluding carboxylic acids is 1. The van der Waals surface area contributed by atoms with Crippen molar-refractivity contribution in [3.8, 4) is 11.6 Å². The van der Waals surface area contributed by atoms with E-state index in [9.17, 15) is 4.79 Å². The number of halogens is 1. The maximum absolute atomic E-state index is 12.0. The Bertz CT molecular complexity index is 671. The highest BCUT2D eigenvalue weighted by Gasteiger charge is 2.23. The van der Waals surface area contributed by atoms with Crippen LogP contribution in [0.4, 0.5) is 0 Å². The molecule has 3 rings (SSSR count). The molecule has 1 saturated carbocycles. The van der Waals surface area contributed by atoms with Gasteiger partial charge in [-0.15, -0.1) is 0 Å². The van der Waals surface area contributed by atoms with Gasteiger partial charge in [-0.1, -0.05) is 17.7 Å². The summed E-state index contributed by atoms with van der Waals surface area (Å²) in [5, 5.41) is 3.66. The van der Waals surface area contributed by atoms with Crippen molar-refractivity contribution < 1.29 is 14.3 Å². The zero-order chi connectivity index (χ0) is 17.5. The average Bonchev–Trinajstić information content (AvgIpc) is 2.64. The fourth-order valence-corrected chi connectivity index (χ4v) is 2.99. The number of amides is 1. The van der Waals surface area contributed by atoms with E-state index in [4.69, 9.17) is 21.1 Å². The van der Waals surface area contributed by atoms with Crippen LogP contribution >= 0.6 is 11.6 Å². The number of hydrogen-bond donors (Lipinski definition) is 1. The van der Waals surface area contributed by atoms with Gasteiger partial charge in [-0.3, -0.25) is 4.79 Å². The second-order valence-corrected chi connectivity index (χ2v) is 6.51. The van der Waals surface area contributed by atoms with E-state index in [-0.39, 0.29) is 24.7 Å². The molecule has 0 aliphatic heterocycles. The molecule has 1 aromatic heterocycles. The first kappa shape index (κ1) is 17.5. The number of benzene rings is 1. The lowest BCUT2D eigenvalue weighted by molar-refractivity contribution is -0.124. The summed E-state index contributed by atoms with van der Waals surface area (Å²) in [4.78, 5) is 16.2. The summed E-state index contributed by atoms with van der Waals surface area (Å²) in [6.45, 7) is 0.00595. The number of rotatable bonds is 6. The third-order valence-electron chi connectivity index (χ3n) is 4.15. The maximum atomic E-state index is 12.0. The Labute approximate surface area is 152 Å². The van der Waals surface area contributed by atoms with Crippen LogP contribution in [0.5, 0.6) is 11.6 Å². The van der Waals surface area contributed by atoms with Crippen LogP contribution in [-0.4, -0.2) is 29.6 Å². The van der Waals surface area contributed by atoms with Crippen molar-refractivity contribution in [1.82, 2.24) is 10.3 Å². The molecule has 1 aliphatic rings. The number of aromatic nitrogens is 1. The Kier molecular flexibility index (Phi) is 6.12. The summed E-state index contributed by atoms with van der Waals surface area (Å²) in [6, 6.07) is 12.8. The van der Waals surface area contributed by atoms with Crippen LogP contribution in [0, 0.1) is 0 Å². The van der Waals surface area contributed by atoms with Crippen LogP contribution in [-0.2, 0) is 4.79 Å². The van der Waals surface area contributed by atoms with Gasteiger partial charge in [0.2, 0.25) is 5.88 Å². The number of pyridine rings is 1. The normalized spacial score (nSPS) is 19.9. The minimum Gasteiger partial charge on any atom is -0.484 e. The molecule has 0 spiro atoms. The molecule has 0 radical (unpaired) electrons. The molecule has 1 aromatic carbocycles. The largest absolute Gasteiger partial charge is 0.484 e. The molecule has 0 atom stereocenters. The van der Waals surface area contributed by atoms with Crippen LogP contribution in [0.1, 0.15) is 25.7 Å². The standard InChI is InChI=1S/C19H21ClN2O3/c20-14-4-8-16(9-5-14)24-13-18(23)22-15-6-10-17(11-7-15)25-19-3-1-2-12-21-19/h1-5,8-9,12,15,17H,6-7,10-11,13H2,(H,22,23). The average molecular weight is 361 g/mol. The summed E-state index contributed by atoms with van der Waals surface area (Å²) in [5.74, 6) is 1.18. The first-order valence-electron chi connectivity index (χ1n) is 8.44. The zero-order valence-electron chi connectivity index (χ0n) is 13.9. The SMILES string of the molecule is O=C(COc1ccc(Cl)cc1)NC1CCC(Oc2ccccn2)CC1. The second kappa shape index (κ2) is 8.72. The Morgan fingerprint density at radius 2 is 1.88 bits per heavy atom. The molecule has 6 heteroatoms. The Balaban J connectivity index is 1.36. The highest BCUT2D eigenvalue weighted by molar-refractivity contribution is 6.30. The van der Waals surface area contributed by atoms with Crippen molar-refractivity contribution in [3.05, 3.63) is 53.7 Å². The van der Waals surface area contributed by atoms with Crippen molar-refractivity contribution in [2.24, 2.45) is 0 Å². The number of nitrogens with zero attached hydrogens (tertiary/aromatic N) is 1. The molecule has 0 saturated heterocycles. The van der Waals surface area contributed by atoms with Crippen LogP contribution in [0.25, 0.3) is 0 Å². The minimum absolute atomic E-state index is 0.00595. The first-order valence-corrected chi connectivity index (χ1v) is 8.82. The smallest absolute Gasteiger partial charge is 0.258 e. The monoisotopic (exact) mass is 360 g/mol. The van der Waals surface area contributed by atoms with Crippen LogP contribution < -0.4 is 14.8 Å². The first-order chi connectivity index (χ1) is 12.2. The molecule has 0 unspecified atom stereocenters. The van der Waals surface area contributed by atoms with Gasteiger partial charge in [0.05, 0.1) is 0 Å². The lowest BCUT2D eigenvalue weighted by atomic mass is 9.93. The Morgan fingerprint density at radius 1 is 1.12 bits per heavy atom. The number of carbonyl (C=O) groups is 1. The van der Waals surface area contributed by atoms with E-state index in [1.807, 2.05) is 18.2 Å². The van der Waals surface area contributed by atoms with Gasteiger partial charge in [0.15, 0.2) is 6.61 Å². The lowest BCUT2D eigenvalue weighted by Gasteiger charge is -2.29. The predicted molar refractivity (Wildman–Crippen MR) is 96.0 cm³/mol. The summed E-state index contributed by atoms with van der Waals surface area (Å²) < 4.78 is 11.3. The van der Waals surface area contributed by atoms with Crippen LogP contribution in [0.15, 0.2) is 48.7 Å². The van der Waals surface area contributed by atoms with E-state index in [1.54, 1.807) is 30.5 Å². The molecular formula is C19H21ClN2O3. The predicted octanol–water partition coefficient (Wildman–Crippen LogP) is 3.62. The van der Waals surface area contributed by atoms with Gasteiger partial charge in [0, 0.05) is 23.3 Å². The maximum Gasteiger partial charge on any atom is 0.258 e. The van der Waals surface area contributed by atoms with Crippen LogP contribution in [0.3, 0.4) is 0 Å². The highest BCUT2D eigenvalue weighted by atomic mass is 35.5. The molecule has 5 nitrogen and oxygen atoms in total. The number of nitrogens with one attached hydrogen (secondary N) is 1. The highest BCUT2D eigenvalue weighted by Crippen LogP contribution is 2.22. The summed E-state index contributed by atoms with van der Waals surface area (Å²) in [7, 11) is 0. The molecule has 132 valence electrons. The van der Waals surface area contributed by atoms with Crippen molar-refractivity contribution in [2.45, 2.75) is 37.8 Å². The fraction of sp³-hybridized carbons (Fsp3) is 0.368. The number of hydrogen-bond acceptors (Lipinski definition) is 4. The third kappa shape index (κ3) is 5.64. The zero-order valence-corrected chi connectivity index (χ0v) is 14.6. The molecule has 1 aliphatic carbocycles. The molecule has 25 heavy (non-hydrogen) atoms. The number of ether oxygens (including phenoxy) is 2. The van der Waals surface area contributed by atoms with E-state index < -0.39 is 0 Å². The van der Waals surface area contributed by atoms with Crippen LogP contribution in [0.2, 0.25) is 5.02 Å². The quantitative estimate of drug-likeness (QED) is 0.854. The van der Waals surface area contributed by atoms with Crippen molar-refractivity contribution >= 4 is 17.5 Å². The molecule has 1 heterocycles. The molecule has 1 amide bonds. The van der Waals surface area contributed by atoms with Gasteiger partial charge < -0.3 is 14.8 Å². The molecular weight excluding hydrogens is 340 g/mol. The van der Waals surface area contributed by atoms with Crippen molar-refractivity contribution in [2.75, 3.05) is 6.61 Å². The topological polar surface area (TPSA) is 60.5 Å². The Hall–Kier alpha value is -2.27. The van der Waals surface area contributed by atoms with Crippen molar-refractivity contribution in [1.29, 1.82) is 0 Å². The summed E-state index contributed by atoms with van der Waals surface area (Å²) in [6.07, 6.45) is 5.48. The van der Waals surface area contributed by atoms with E-state index >= 15 is 0 Å². The minimum atomic E-state index is -0.107. The second-order valence-electron chi connectivity index (χ2n) is 6.07. The van der Waals surface area contributed by atoms with Gasteiger partial charge >= 0.3 is 0 Å². The summed E-state index contributed by atoms with van der Waals surface area (Å²) >= 11 is 5.82. The molecule has 2 aromatic rings. The molecule has 1 fully saturated rings. The lowest BCUT2D eigenvalue weighted by Crippen LogP contribution is -2.41. The van der Waals surface area contributed by atoms with E-state index in [0.717, 1.165) is 25.7 Å². The third-order valence-corrected chi connectivity index (χ3v) is 4.40. The van der Waals surface area contributed by atoms with E-state index in [2.05, 4.69) is 10.3 Å².